The van der Waals surface area contributed by atoms with Gasteiger partial charge in [0.25, 0.3) is 0 Å². The van der Waals surface area contributed by atoms with Gasteiger partial charge in [-0.2, -0.15) is 0 Å². The first-order valence-corrected chi connectivity index (χ1v) is 41.9. The first-order chi connectivity index (χ1) is 19.8. The molecule has 11 heteroatoms. The summed E-state index contributed by atoms with van der Waals surface area (Å²) in [6, 6.07) is 0. The van der Waals surface area contributed by atoms with Gasteiger partial charge in [-0.25, -0.2) is 0 Å². The van der Waals surface area contributed by atoms with Crippen LogP contribution in [0.3, 0.4) is 0 Å². The minimum atomic E-state index is -5.47. The van der Waals surface area contributed by atoms with Gasteiger partial charge in [-0.1, -0.05) is 85.3 Å². The molecule has 0 aromatic heterocycles. The van der Waals surface area contributed by atoms with Crippen LogP contribution in [0.15, 0.2) is 48.6 Å². The van der Waals surface area contributed by atoms with Crippen LogP contribution >= 0.6 is 92.8 Å². The summed E-state index contributed by atoms with van der Waals surface area (Å²) in [6.45, 7) is -1.08. The summed E-state index contributed by atoms with van der Waals surface area (Å²) in [7, 11) is 24.9. The van der Waals surface area contributed by atoms with E-state index in [2.05, 4.69) is 72.5 Å². The number of fused-ring (bicyclic) bond motifs is 8. The fourth-order valence-corrected chi connectivity index (χ4v) is 14.6. The molecule has 0 heterocycles. The second-order valence-electron chi connectivity index (χ2n) is 14.5. The summed E-state index contributed by atoms with van der Waals surface area (Å²) in [5.41, 5.74) is 1.47. The Hall–Kier alpha value is 2.31. The van der Waals surface area contributed by atoms with Crippen molar-refractivity contribution in [3.05, 3.63) is 60.9 Å². The third-order valence-electron chi connectivity index (χ3n) is 10.8. The molecule has 8 aliphatic carbocycles. The van der Waals surface area contributed by atoms with E-state index in [4.69, 9.17) is 79.0 Å². The Balaban J connectivity index is 0.000000127. The molecule has 8 aliphatic rings. The van der Waals surface area contributed by atoms with Crippen LogP contribution in [0, 0.1) is 57.7 Å². The van der Waals surface area contributed by atoms with Crippen LogP contribution in [0.2, 0.25) is 0 Å². The van der Waals surface area contributed by atoms with Crippen LogP contribution < -0.4 is 0 Å². The molecule has 240 valence electrons. The molecule has 8 bridgehead atoms. The Kier molecular flexibility index (Phi) is 9.79. The second-order valence-corrected chi connectivity index (χ2v) is 82.8. The summed E-state index contributed by atoms with van der Waals surface area (Å²) in [5, 5.41) is 0. The van der Waals surface area contributed by atoms with Gasteiger partial charge in [0, 0.05) is 10.8 Å². The van der Waals surface area contributed by atoms with Gasteiger partial charge in [-0.3, -0.25) is 0 Å². The van der Waals surface area contributed by atoms with E-state index in [-0.39, 0.29) is 0 Å². The van der Waals surface area contributed by atoms with E-state index in [1.54, 1.807) is 0 Å². The predicted molar refractivity (Wildman–Crippen MR) is 197 cm³/mol. The molecular weight excluding hydrogens is 914 g/mol. The van der Waals surface area contributed by atoms with E-state index in [1.807, 2.05) is 0 Å². The van der Waals surface area contributed by atoms with Gasteiger partial charge < -0.3 is 0 Å². The molecule has 0 aromatic carbocycles. The van der Waals surface area contributed by atoms with Crippen molar-refractivity contribution in [1.82, 2.24) is 0 Å². The molecule has 0 aliphatic heterocycles. The Morgan fingerprint density at radius 2 is 0.860 bits per heavy atom. The van der Waals surface area contributed by atoms with Gasteiger partial charge in [-0.15, -0.1) is 12.2 Å². The quantitative estimate of drug-likeness (QED) is 0.141. The number of hydrogen-bond donors (Lipinski definition) is 0. The summed E-state index contributed by atoms with van der Waals surface area (Å²) in [5.74, 6) is 8.37. The molecule has 0 radical (unpaired) electrons. The number of halogens is 8. The van der Waals surface area contributed by atoms with Gasteiger partial charge in [-0.05, 0) is 75.0 Å². The van der Waals surface area contributed by atoms with E-state index in [9.17, 15) is 0 Å². The van der Waals surface area contributed by atoms with Crippen LogP contribution in [0.25, 0.3) is 0 Å². The van der Waals surface area contributed by atoms with Crippen LogP contribution in [0.4, 0.5) is 0 Å². The molecule has 4 fully saturated rings. The number of rotatable bonds is 6. The third kappa shape index (κ3) is 9.72. The molecule has 0 nitrogen and oxygen atoms in total. The van der Waals surface area contributed by atoms with Crippen LogP contribution in [0.1, 0.15) is 77.0 Å². The van der Waals surface area contributed by atoms with E-state index >= 15 is 0 Å². The first kappa shape index (κ1) is 35.1. The Morgan fingerprint density at radius 3 is 1.07 bits per heavy atom. The fourth-order valence-electron chi connectivity index (χ4n) is 8.86. The Morgan fingerprint density at radius 1 is 0.535 bits per heavy atom. The average molecular weight is 954 g/mol. The molecule has 10 atom stereocenters. The monoisotopic (exact) mass is 950 g/mol. The van der Waals surface area contributed by atoms with Crippen LogP contribution in [-0.4, -0.2) is 11.6 Å². The molecule has 8 rings (SSSR count). The Labute approximate surface area is 292 Å². The van der Waals surface area contributed by atoms with E-state index in [1.165, 1.54) is 77.0 Å². The van der Waals surface area contributed by atoms with Crippen molar-refractivity contribution in [2.75, 3.05) is 0 Å². The van der Waals surface area contributed by atoms with Crippen molar-refractivity contribution in [2.24, 2.45) is 45.3 Å². The molecule has 0 saturated heterocycles. The zero-order chi connectivity index (χ0) is 30.8. The Bertz CT molecular complexity index is 1220. The molecule has 0 spiro atoms. The van der Waals surface area contributed by atoms with Crippen molar-refractivity contribution < 1.29 is 7.31 Å². The van der Waals surface area contributed by atoms with Crippen molar-refractivity contribution in [2.45, 2.75) is 77.0 Å². The SMILES string of the molecule is Cl/[P+](=C\C12C=CC(CC1)C2)[CH-]C12C=CC(CC1)C2.Cl/[P+](=C\C12C=CC(CC1)C2)[CH-]C12C=CC(CC1)C2.[Cl][W]([Cl])([Cl])([Cl])([Cl])[Cl]. The summed E-state index contributed by atoms with van der Waals surface area (Å²) in [6.07, 6.45) is 40.5. The summed E-state index contributed by atoms with van der Waals surface area (Å²) < 4.78 is 0. The van der Waals surface area contributed by atoms with Crippen molar-refractivity contribution >= 4 is 104 Å². The summed E-state index contributed by atoms with van der Waals surface area (Å²) >= 11 is 13.4. The number of hydrogen-bond acceptors (Lipinski definition) is 0. The predicted octanol–water partition coefficient (Wildman–Crippen LogP) is 14.7. The minimum absolute atomic E-state index is 0.367. The van der Waals surface area contributed by atoms with Gasteiger partial charge in [0.15, 0.2) is 0 Å². The molecule has 0 amide bonds. The van der Waals surface area contributed by atoms with E-state index < -0.39 is 21.1 Å². The standard InChI is InChI=1S/2C16H20ClP.6ClH.W/c2*17-18(11-15-5-1-13(9-15)2-6-15)12-16-7-3-14(10-16)4-8-16;;;;;;;/h2*1,3,5,7,11-14H,2,4,6,8-10H2;6*1H;/q;;;;;;;;+6/p-6. The average Bonchev–Trinajstić information content (AvgIpc) is 3.73. The van der Waals surface area contributed by atoms with Crippen LogP contribution in [-0.2, 0) is 7.31 Å². The maximum atomic E-state index is 6.70. The molecule has 0 N–H and O–H groups in total. The van der Waals surface area contributed by atoms with Gasteiger partial charge >= 0.3 is 63.8 Å². The van der Waals surface area contributed by atoms with Crippen molar-refractivity contribution in [3.8, 4) is 0 Å². The molecule has 0 aromatic rings. The molecular formula is C32H40Cl8P2W. The van der Waals surface area contributed by atoms with Crippen molar-refractivity contribution in [1.29, 1.82) is 0 Å². The maximum absolute atomic E-state index is 6.70. The van der Waals surface area contributed by atoms with Crippen LogP contribution in [0.5, 0.6) is 0 Å². The second kappa shape index (κ2) is 12.0. The zero-order valence-corrected chi connectivity index (χ0v) is 34.8. The molecule has 43 heavy (non-hydrogen) atoms. The van der Waals surface area contributed by atoms with Crippen molar-refractivity contribution in [3.63, 3.8) is 0 Å². The van der Waals surface area contributed by atoms with Gasteiger partial charge in [0.1, 0.15) is 22.5 Å². The zero-order valence-electron chi connectivity index (χ0n) is 24.0. The van der Waals surface area contributed by atoms with Gasteiger partial charge in [0.05, 0.1) is 25.4 Å². The summed E-state index contributed by atoms with van der Waals surface area (Å²) in [4.78, 5) is 0. The third-order valence-corrected chi connectivity index (χ3v) is 15.0. The first-order valence-electron chi connectivity index (χ1n) is 15.4. The normalized spacial score (nSPS) is 44.5. The topological polar surface area (TPSA) is 0 Å². The fraction of sp³-hybridized carbons (Fsp3) is 0.625. The van der Waals surface area contributed by atoms with Gasteiger partial charge in [0.2, 0.25) is 0 Å². The molecule has 10 unspecified atom stereocenters. The molecule has 4 saturated carbocycles. The van der Waals surface area contributed by atoms with E-state index in [0.29, 0.717) is 21.7 Å². The van der Waals surface area contributed by atoms with E-state index in [0.717, 1.165) is 23.7 Å². The number of allylic oxidation sites excluding steroid dienone is 8.